The van der Waals surface area contributed by atoms with E-state index in [4.69, 9.17) is 14.0 Å². The van der Waals surface area contributed by atoms with Gasteiger partial charge < -0.3 is 19.4 Å². The van der Waals surface area contributed by atoms with Gasteiger partial charge in [-0.15, -0.1) is 0 Å². The van der Waals surface area contributed by atoms with Crippen LogP contribution in [-0.4, -0.2) is 37.4 Å². The zero-order valence-corrected chi connectivity index (χ0v) is 17.0. The first-order valence-electron chi connectivity index (χ1n) is 10.1. The predicted molar refractivity (Wildman–Crippen MR) is 107 cm³/mol. The van der Waals surface area contributed by atoms with Crippen LogP contribution >= 0.6 is 0 Å². The van der Waals surface area contributed by atoms with Crippen molar-refractivity contribution in [3.05, 3.63) is 24.3 Å². The summed E-state index contributed by atoms with van der Waals surface area (Å²) < 4.78 is 17.9. The van der Waals surface area contributed by atoms with Crippen LogP contribution in [0.4, 0.5) is 0 Å². The summed E-state index contributed by atoms with van der Waals surface area (Å²) in [6.45, 7) is 9.46. The monoisotopic (exact) mass is 373 g/mol. The molecule has 1 N–H and O–H groups in total. The molecule has 5 nitrogen and oxygen atoms in total. The molecule has 1 aliphatic carbocycles. The van der Waals surface area contributed by atoms with Crippen LogP contribution in [0.5, 0.6) is 5.75 Å². The molecule has 148 valence electrons. The number of benzene rings is 1. The van der Waals surface area contributed by atoms with Gasteiger partial charge >= 0.3 is 7.12 Å². The molecule has 0 bridgehead atoms. The summed E-state index contributed by atoms with van der Waals surface area (Å²) in [6, 6.07) is 7.85. The fourth-order valence-electron chi connectivity index (χ4n) is 3.51. The molecule has 1 aromatic carbocycles. The summed E-state index contributed by atoms with van der Waals surface area (Å²) in [4.78, 5) is 12.0. The zero-order valence-electron chi connectivity index (χ0n) is 17.0. The van der Waals surface area contributed by atoms with E-state index >= 15 is 0 Å². The number of hydrogen-bond donors (Lipinski definition) is 1. The highest BCUT2D eigenvalue weighted by atomic mass is 16.7. The quantitative estimate of drug-likeness (QED) is 0.590. The number of carbonyl (C=O) groups excluding carboxylic acids is 1. The molecule has 1 heterocycles. The molecule has 1 aliphatic heterocycles. The Bertz CT molecular complexity index is 622. The third-order valence-corrected chi connectivity index (χ3v) is 6.02. The molecule has 1 saturated carbocycles. The number of ether oxygens (including phenoxy) is 1. The lowest BCUT2D eigenvalue weighted by Crippen LogP contribution is -2.41. The second kappa shape index (κ2) is 8.23. The van der Waals surface area contributed by atoms with Crippen molar-refractivity contribution in [3.8, 4) is 5.75 Å². The van der Waals surface area contributed by atoms with Gasteiger partial charge in [-0.3, -0.25) is 4.79 Å². The normalized spacial score (nSPS) is 21.4. The topological polar surface area (TPSA) is 56.8 Å². The van der Waals surface area contributed by atoms with Crippen molar-refractivity contribution in [2.75, 3.05) is 13.2 Å². The molecule has 2 fully saturated rings. The Morgan fingerprint density at radius 2 is 1.70 bits per heavy atom. The van der Waals surface area contributed by atoms with Crippen molar-refractivity contribution >= 4 is 18.5 Å². The van der Waals surface area contributed by atoms with E-state index in [-0.39, 0.29) is 30.1 Å². The van der Waals surface area contributed by atoms with Gasteiger partial charge in [0.1, 0.15) is 5.75 Å². The van der Waals surface area contributed by atoms with Crippen molar-refractivity contribution in [3.63, 3.8) is 0 Å². The van der Waals surface area contributed by atoms with Crippen LogP contribution < -0.4 is 15.5 Å². The first-order valence-corrected chi connectivity index (χ1v) is 10.1. The van der Waals surface area contributed by atoms with Gasteiger partial charge in [0.15, 0.2) is 0 Å². The van der Waals surface area contributed by atoms with Gasteiger partial charge in [-0.05, 0) is 64.6 Å². The van der Waals surface area contributed by atoms with Crippen LogP contribution in [0.25, 0.3) is 0 Å². The Balaban J connectivity index is 1.39. The van der Waals surface area contributed by atoms with Crippen LogP contribution in [0.15, 0.2) is 24.3 Å². The van der Waals surface area contributed by atoms with Crippen LogP contribution in [0.2, 0.25) is 0 Å². The van der Waals surface area contributed by atoms with Crippen LogP contribution in [0.3, 0.4) is 0 Å². The fourth-order valence-corrected chi connectivity index (χ4v) is 3.51. The summed E-state index contributed by atoms with van der Waals surface area (Å²) >= 11 is 0. The molecule has 3 rings (SSSR count). The van der Waals surface area contributed by atoms with Gasteiger partial charge in [0.2, 0.25) is 5.91 Å². The van der Waals surface area contributed by atoms with Crippen molar-refractivity contribution in [1.82, 2.24) is 5.32 Å². The van der Waals surface area contributed by atoms with Crippen molar-refractivity contribution in [2.45, 2.75) is 71.0 Å². The summed E-state index contributed by atoms with van der Waals surface area (Å²) in [5.41, 5.74) is 0.316. The summed E-state index contributed by atoms with van der Waals surface area (Å²) in [5, 5.41) is 3.02. The minimum absolute atomic E-state index is 0.208. The van der Waals surface area contributed by atoms with E-state index in [0.717, 1.165) is 30.5 Å². The van der Waals surface area contributed by atoms with Crippen LogP contribution in [0, 0.1) is 5.92 Å². The summed E-state index contributed by atoms with van der Waals surface area (Å²) in [6.07, 6.45) is 5.25. The van der Waals surface area contributed by atoms with Crippen molar-refractivity contribution in [2.24, 2.45) is 5.92 Å². The Morgan fingerprint density at radius 1 is 1.11 bits per heavy atom. The number of rotatable bonds is 7. The molecular weight excluding hydrogens is 341 g/mol. The zero-order chi connectivity index (χ0) is 19.5. The molecule has 0 radical (unpaired) electrons. The maximum Gasteiger partial charge on any atom is 0.494 e. The minimum Gasteiger partial charge on any atom is -0.494 e. The lowest BCUT2D eigenvalue weighted by atomic mass is 9.79. The Kier molecular flexibility index (Phi) is 6.16. The molecule has 1 amide bonds. The predicted octanol–water partition coefficient (Wildman–Crippen LogP) is 3.06. The lowest BCUT2D eigenvalue weighted by Gasteiger charge is -2.32. The van der Waals surface area contributed by atoms with Gasteiger partial charge in [-0.25, -0.2) is 0 Å². The minimum atomic E-state index is -0.352. The maximum atomic E-state index is 12.0. The van der Waals surface area contributed by atoms with E-state index in [1.165, 1.54) is 12.8 Å². The maximum absolute atomic E-state index is 12.0. The molecule has 0 atom stereocenters. The first-order chi connectivity index (χ1) is 12.8. The molecule has 0 aromatic heterocycles. The van der Waals surface area contributed by atoms with Crippen molar-refractivity contribution in [1.29, 1.82) is 0 Å². The largest absolute Gasteiger partial charge is 0.494 e. The average Bonchev–Trinajstić information content (AvgIpc) is 3.22. The molecule has 27 heavy (non-hydrogen) atoms. The van der Waals surface area contributed by atoms with Crippen molar-refractivity contribution < 1.29 is 18.8 Å². The SMILES string of the molecule is CC1(C)OB(c2ccc(OCCCNC(=O)C3CCCC3)cc2)OC1(C)C. The number of amides is 1. The standard InChI is InChI=1S/C21H32BNO4/c1-20(2)21(3,4)27-22(26-20)17-10-12-18(13-11-17)25-15-7-14-23-19(24)16-8-5-6-9-16/h10-13,16H,5-9,14-15H2,1-4H3,(H,23,24). The highest BCUT2D eigenvalue weighted by Gasteiger charge is 2.51. The Morgan fingerprint density at radius 3 is 2.30 bits per heavy atom. The van der Waals surface area contributed by atoms with Gasteiger partial charge in [-0.1, -0.05) is 25.0 Å². The fraction of sp³-hybridized carbons (Fsp3) is 0.667. The molecule has 0 unspecified atom stereocenters. The van der Waals surface area contributed by atoms with E-state index in [1.807, 2.05) is 24.3 Å². The average molecular weight is 373 g/mol. The van der Waals surface area contributed by atoms with Gasteiger partial charge in [0.05, 0.1) is 17.8 Å². The van der Waals surface area contributed by atoms with E-state index in [9.17, 15) is 4.79 Å². The molecule has 0 spiro atoms. The van der Waals surface area contributed by atoms with Gasteiger partial charge in [-0.2, -0.15) is 0 Å². The van der Waals surface area contributed by atoms with Crippen LogP contribution in [-0.2, 0) is 14.1 Å². The van der Waals surface area contributed by atoms with Gasteiger partial charge in [0.25, 0.3) is 0 Å². The summed E-state index contributed by atoms with van der Waals surface area (Å²) in [7, 11) is -0.352. The molecular formula is C21H32BNO4. The molecule has 1 aromatic rings. The van der Waals surface area contributed by atoms with E-state index in [2.05, 4.69) is 33.0 Å². The van der Waals surface area contributed by atoms with E-state index in [0.29, 0.717) is 13.2 Å². The third kappa shape index (κ3) is 4.85. The molecule has 1 saturated heterocycles. The molecule has 2 aliphatic rings. The number of carbonyl (C=O) groups is 1. The Hall–Kier alpha value is -1.53. The summed E-state index contributed by atoms with van der Waals surface area (Å²) in [5.74, 6) is 1.25. The Labute approximate surface area is 163 Å². The first kappa shape index (κ1) is 20.2. The van der Waals surface area contributed by atoms with Gasteiger partial charge in [0, 0.05) is 12.5 Å². The smallest absolute Gasteiger partial charge is 0.494 e. The number of hydrogen-bond acceptors (Lipinski definition) is 4. The highest BCUT2D eigenvalue weighted by Crippen LogP contribution is 2.36. The third-order valence-electron chi connectivity index (χ3n) is 6.02. The van der Waals surface area contributed by atoms with E-state index < -0.39 is 0 Å². The molecule has 6 heteroatoms. The second-order valence-electron chi connectivity index (χ2n) is 8.63. The van der Waals surface area contributed by atoms with Crippen LogP contribution in [0.1, 0.15) is 59.8 Å². The highest BCUT2D eigenvalue weighted by molar-refractivity contribution is 6.62. The van der Waals surface area contributed by atoms with E-state index in [1.54, 1.807) is 0 Å². The lowest BCUT2D eigenvalue weighted by molar-refractivity contribution is -0.124. The number of nitrogens with one attached hydrogen (secondary N) is 1. The second-order valence-corrected chi connectivity index (χ2v) is 8.63.